The quantitative estimate of drug-likeness (QED) is 0.909. The monoisotopic (exact) mass is 268 g/mol. The van der Waals surface area contributed by atoms with Crippen molar-refractivity contribution in [3.8, 4) is 11.5 Å². The molecule has 1 unspecified atom stereocenters. The maximum absolute atomic E-state index is 5.25. The number of nitrogens with one attached hydrogen (secondary N) is 1. The fraction of sp³-hybridized carbons (Fsp3) is 0.500. The third-order valence-corrected chi connectivity index (χ3v) is 4.27. The van der Waals surface area contributed by atoms with E-state index in [4.69, 9.17) is 4.52 Å². The molecule has 3 rings (SSSR count). The van der Waals surface area contributed by atoms with E-state index in [0.29, 0.717) is 17.8 Å². The van der Waals surface area contributed by atoms with E-state index in [1.54, 1.807) is 5.51 Å². The molecular formula is C10H12N4OS2. The molecule has 2 aromatic rings. The maximum atomic E-state index is 5.25. The number of thioether (sulfide) groups is 1. The van der Waals surface area contributed by atoms with Gasteiger partial charge < -0.3 is 9.84 Å². The van der Waals surface area contributed by atoms with Crippen molar-refractivity contribution in [3.63, 3.8) is 0 Å². The Balaban J connectivity index is 1.68. The summed E-state index contributed by atoms with van der Waals surface area (Å²) in [7, 11) is 0. The molecule has 1 atom stereocenters. The summed E-state index contributed by atoms with van der Waals surface area (Å²) in [4.78, 5) is 8.52. The minimum Gasteiger partial charge on any atom is -0.339 e. The van der Waals surface area contributed by atoms with Gasteiger partial charge in [-0.05, 0) is 0 Å². The Morgan fingerprint density at radius 3 is 3.29 bits per heavy atom. The Kier molecular flexibility index (Phi) is 3.39. The lowest BCUT2D eigenvalue weighted by molar-refractivity contribution is 0.363. The van der Waals surface area contributed by atoms with Gasteiger partial charge in [-0.25, -0.2) is 4.98 Å². The summed E-state index contributed by atoms with van der Waals surface area (Å²) in [6, 6.07) is 0.442. The Hall–Kier alpha value is -0.920. The molecule has 0 aromatic carbocycles. The average Bonchev–Trinajstić information content (AvgIpc) is 3.00. The van der Waals surface area contributed by atoms with E-state index < -0.39 is 0 Å². The molecule has 0 saturated carbocycles. The topological polar surface area (TPSA) is 63.8 Å². The van der Waals surface area contributed by atoms with Gasteiger partial charge in [-0.1, -0.05) is 5.16 Å². The second-order valence-electron chi connectivity index (χ2n) is 3.82. The molecule has 1 aliphatic heterocycles. The van der Waals surface area contributed by atoms with Gasteiger partial charge in [-0.2, -0.15) is 16.7 Å². The van der Waals surface area contributed by atoms with E-state index in [0.717, 1.165) is 24.4 Å². The molecule has 1 saturated heterocycles. The highest BCUT2D eigenvalue weighted by Crippen LogP contribution is 2.17. The number of nitrogens with zero attached hydrogens (tertiary/aromatic N) is 3. The van der Waals surface area contributed by atoms with Gasteiger partial charge in [-0.3, -0.25) is 0 Å². The van der Waals surface area contributed by atoms with Crippen LogP contribution < -0.4 is 5.32 Å². The van der Waals surface area contributed by atoms with Crippen LogP contribution >= 0.6 is 23.1 Å². The molecule has 5 nitrogen and oxygen atoms in total. The Morgan fingerprint density at radius 2 is 2.53 bits per heavy atom. The van der Waals surface area contributed by atoms with Crippen molar-refractivity contribution in [3.05, 3.63) is 16.8 Å². The van der Waals surface area contributed by atoms with Crippen molar-refractivity contribution in [2.24, 2.45) is 0 Å². The summed E-state index contributed by atoms with van der Waals surface area (Å²) >= 11 is 3.49. The lowest BCUT2D eigenvalue weighted by atomic mass is 10.2. The van der Waals surface area contributed by atoms with E-state index in [1.807, 2.05) is 17.1 Å². The van der Waals surface area contributed by atoms with Gasteiger partial charge in [0.1, 0.15) is 5.69 Å². The largest absolute Gasteiger partial charge is 0.339 e. The molecule has 0 radical (unpaired) electrons. The maximum Gasteiger partial charge on any atom is 0.228 e. The predicted octanol–water partition coefficient (Wildman–Crippen LogP) is 1.44. The van der Waals surface area contributed by atoms with Crippen LogP contribution in [0, 0.1) is 0 Å². The van der Waals surface area contributed by atoms with Crippen LogP contribution in [0.5, 0.6) is 0 Å². The molecule has 90 valence electrons. The van der Waals surface area contributed by atoms with Crippen molar-refractivity contribution >= 4 is 23.1 Å². The standard InChI is InChI=1S/C10H12N4OS2/c1-2-16-4-7(11-1)3-9-13-10(14-15-9)8-5-17-6-12-8/h5-7,11H,1-4H2. The van der Waals surface area contributed by atoms with Crippen LogP contribution in [0.15, 0.2) is 15.4 Å². The fourth-order valence-electron chi connectivity index (χ4n) is 1.73. The predicted molar refractivity (Wildman–Crippen MR) is 68.2 cm³/mol. The smallest absolute Gasteiger partial charge is 0.228 e. The summed E-state index contributed by atoms with van der Waals surface area (Å²) in [5.74, 6) is 3.57. The molecule has 1 fully saturated rings. The van der Waals surface area contributed by atoms with Crippen molar-refractivity contribution in [2.75, 3.05) is 18.1 Å². The number of aromatic nitrogens is 3. The second-order valence-corrected chi connectivity index (χ2v) is 5.68. The van der Waals surface area contributed by atoms with Crippen molar-refractivity contribution < 1.29 is 4.52 Å². The van der Waals surface area contributed by atoms with Crippen LogP contribution in [-0.4, -0.2) is 39.2 Å². The van der Waals surface area contributed by atoms with Gasteiger partial charge >= 0.3 is 0 Å². The molecule has 2 aromatic heterocycles. The highest BCUT2D eigenvalue weighted by molar-refractivity contribution is 7.99. The van der Waals surface area contributed by atoms with Crippen molar-refractivity contribution in [1.82, 2.24) is 20.4 Å². The molecule has 0 aliphatic carbocycles. The normalized spacial score (nSPS) is 20.6. The number of rotatable bonds is 3. The van der Waals surface area contributed by atoms with E-state index in [2.05, 4.69) is 20.4 Å². The van der Waals surface area contributed by atoms with Crippen LogP contribution in [0.1, 0.15) is 5.89 Å². The van der Waals surface area contributed by atoms with Crippen molar-refractivity contribution in [2.45, 2.75) is 12.5 Å². The van der Waals surface area contributed by atoms with E-state index in [9.17, 15) is 0 Å². The lowest BCUT2D eigenvalue weighted by Gasteiger charge is -2.21. The fourth-order valence-corrected chi connectivity index (χ4v) is 3.21. The summed E-state index contributed by atoms with van der Waals surface area (Å²) in [6.07, 6.45) is 0.796. The lowest BCUT2D eigenvalue weighted by Crippen LogP contribution is -2.38. The van der Waals surface area contributed by atoms with E-state index >= 15 is 0 Å². The second kappa shape index (κ2) is 5.16. The molecular weight excluding hydrogens is 256 g/mol. The minimum absolute atomic E-state index is 0.442. The average molecular weight is 268 g/mol. The first-order chi connectivity index (χ1) is 8.42. The SMILES string of the molecule is c1nc(-c2noc(CC3CSCCN3)n2)cs1. The van der Waals surface area contributed by atoms with Gasteiger partial charge in [0.2, 0.25) is 11.7 Å². The molecule has 0 spiro atoms. The molecule has 7 heteroatoms. The van der Waals surface area contributed by atoms with Gasteiger partial charge in [0.15, 0.2) is 0 Å². The molecule has 1 N–H and O–H groups in total. The zero-order valence-corrected chi connectivity index (χ0v) is 10.8. The third-order valence-electron chi connectivity index (χ3n) is 2.55. The van der Waals surface area contributed by atoms with Crippen LogP contribution in [0.4, 0.5) is 0 Å². The van der Waals surface area contributed by atoms with E-state index in [1.165, 1.54) is 17.1 Å². The molecule has 3 heterocycles. The molecule has 17 heavy (non-hydrogen) atoms. The van der Waals surface area contributed by atoms with Crippen LogP contribution in [0.3, 0.4) is 0 Å². The highest BCUT2D eigenvalue weighted by Gasteiger charge is 2.18. The number of hydrogen-bond donors (Lipinski definition) is 1. The summed E-state index contributed by atoms with van der Waals surface area (Å²) in [5, 5.41) is 9.32. The minimum atomic E-state index is 0.442. The summed E-state index contributed by atoms with van der Waals surface area (Å²) < 4.78 is 5.25. The van der Waals surface area contributed by atoms with Gasteiger partial charge in [0, 0.05) is 35.9 Å². The van der Waals surface area contributed by atoms with Gasteiger partial charge in [0.05, 0.1) is 5.51 Å². The zero-order valence-electron chi connectivity index (χ0n) is 9.13. The third kappa shape index (κ3) is 2.67. The first-order valence-electron chi connectivity index (χ1n) is 5.44. The molecule has 1 aliphatic rings. The highest BCUT2D eigenvalue weighted by atomic mass is 32.2. The van der Waals surface area contributed by atoms with E-state index in [-0.39, 0.29) is 0 Å². The van der Waals surface area contributed by atoms with Crippen LogP contribution in [0.25, 0.3) is 11.5 Å². The zero-order chi connectivity index (χ0) is 11.5. The number of hydrogen-bond acceptors (Lipinski definition) is 7. The summed E-state index contributed by atoms with van der Waals surface area (Å²) in [5.41, 5.74) is 2.56. The first-order valence-corrected chi connectivity index (χ1v) is 7.54. The number of thiazole rings is 1. The molecule has 0 bridgehead atoms. The molecule has 0 amide bonds. The van der Waals surface area contributed by atoms with Crippen LogP contribution in [-0.2, 0) is 6.42 Å². The Morgan fingerprint density at radius 1 is 1.53 bits per heavy atom. The van der Waals surface area contributed by atoms with Gasteiger partial charge in [-0.15, -0.1) is 11.3 Å². The Bertz CT molecular complexity index is 464. The van der Waals surface area contributed by atoms with Gasteiger partial charge in [0.25, 0.3) is 0 Å². The summed E-state index contributed by atoms with van der Waals surface area (Å²) in [6.45, 7) is 1.06. The first kappa shape index (κ1) is 11.2. The van der Waals surface area contributed by atoms with Crippen LogP contribution in [0.2, 0.25) is 0 Å². The Labute approximate surface area is 107 Å². The van der Waals surface area contributed by atoms with Crippen molar-refractivity contribution in [1.29, 1.82) is 0 Å².